The van der Waals surface area contributed by atoms with Gasteiger partial charge in [0.15, 0.2) is 11.0 Å². The molecule has 1 fully saturated rings. The van der Waals surface area contributed by atoms with E-state index in [1.54, 1.807) is 16.2 Å². The van der Waals surface area contributed by atoms with Gasteiger partial charge in [-0.1, -0.05) is 36.0 Å². The van der Waals surface area contributed by atoms with Crippen LogP contribution < -0.4 is 4.90 Å². The minimum atomic E-state index is -0.419. The van der Waals surface area contributed by atoms with Gasteiger partial charge in [-0.15, -0.1) is 21.5 Å². The number of benzene rings is 1. The first-order valence-corrected chi connectivity index (χ1v) is 9.76. The molecule has 1 aliphatic carbocycles. The molecule has 1 amide bonds. The molecular formula is C18H18N4OS2. The zero-order chi connectivity index (χ0) is 17.4. The highest BCUT2D eigenvalue weighted by Gasteiger charge is 2.53. The Bertz CT molecular complexity index is 885. The first-order valence-electron chi connectivity index (χ1n) is 8.06. The zero-order valence-corrected chi connectivity index (χ0v) is 15.7. The van der Waals surface area contributed by atoms with Gasteiger partial charge in [0.1, 0.15) is 4.75 Å². The maximum Gasteiger partial charge on any atom is 0.243 e. The molecule has 0 N–H and O–H groups in total. The maximum atomic E-state index is 13.0. The van der Waals surface area contributed by atoms with Gasteiger partial charge < -0.3 is 9.47 Å². The summed E-state index contributed by atoms with van der Waals surface area (Å²) in [5.41, 5.74) is 0.914. The van der Waals surface area contributed by atoms with E-state index in [1.807, 2.05) is 66.5 Å². The highest BCUT2D eigenvalue weighted by molar-refractivity contribution is 8.01. The number of hydrogen-bond donors (Lipinski definition) is 0. The molecule has 1 saturated carbocycles. The number of hydrogen-bond acceptors (Lipinski definition) is 5. The van der Waals surface area contributed by atoms with Crippen molar-refractivity contribution in [2.75, 3.05) is 11.9 Å². The number of thioether (sulfide) groups is 1. The Morgan fingerprint density at radius 1 is 1.20 bits per heavy atom. The Morgan fingerprint density at radius 2 is 1.96 bits per heavy atom. The number of rotatable bonds is 5. The number of aromatic nitrogens is 3. The molecule has 7 heteroatoms. The number of para-hydroxylation sites is 1. The van der Waals surface area contributed by atoms with E-state index >= 15 is 0 Å². The highest BCUT2D eigenvalue weighted by atomic mass is 32.2. The number of anilines is 1. The second-order valence-corrected chi connectivity index (χ2v) is 8.44. The summed E-state index contributed by atoms with van der Waals surface area (Å²) in [6.45, 7) is 0. The first kappa shape index (κ1) is 16.4. The Kier molecular flexibility index (Phi) is 4.13. The molecule has 0 atom stereocenters. The fourth-order valence-corrected chi connectivity index (χ4v) is 4.68. The van der Waals surface area contributed by atoms with Crippen LogP contribution in [0.4, 0.5) is 5.69 Å². The molecule has 1 aromatic carbocycles. The molecule has 3 aromatic rings. The van der Waals surface area contributed by atoms with Crippen LogP contribution in [0, 0.1) is 0 Å². The van der Waals surface area contributed by atoms with Crippen LogP contribution in [0.2, 0.25) is 0 Å². The largest absolute Gasteiger partial charge is 0.314 e. The van der Waals surface area contributed by atoms with Gasteiger partial charge in [-0.2, -0.15) is 0 Å². The lowest BCUT2D eigenvalue weighted by atomic mass is 10.2. The highest BCUT2D eigenvalue weighted by Crippen LogP contribution is 2.52. The van der Waals surface area contributed by atoms with Crippen LogP contribution in [0.3, 0.4) is 0 Å². The van der Waals surface area contributed by atoms with Gasteiger partial charge >= 0.3 is 0 Å². The Labute approximate surface area is 154 Å². The number of amides is 1. The fourth-order valence-electron chi connectivity index (χ4n) is 2.75. The van der Waals surface area contributed by atoms with Gasteiger partial charge in [0.25, 0.3) is 0 Å². The van der Waals surface area contributed by atoms with E-state index < -0.39 is 4.75 Å². The van der Waals surface area contributed by atoms with E-state index in [0.29, 0.717) is 0 Å². The lowest BCUT2D eigenvalue weighted by molar-refractivity contribution is -0.118. The number of nitrogens with zero attached hydrogens (tertiary/aromatic N) is 4. The topological polar surface area (TPSA) is 51.0 Å². The molecule has 0 saturated heterocycles. The molecular weight excluding hydrogens is 352 g/mol. The average molecular weight is 371 g/mol. The summed E-state index contributed by atoms with van der Waals surface area (Å²) in [4.78, 5) is 15.9. The normalized spacial score (nSPS) is 15.1. The van der Waals surface area contributed by atoms with E-state index in [-0.39, 0.29) is 5.91 Å². The van der Waals surface area contributed by atoms with Gasteiger partial charge in [0.05, 0.1) is 4.88 Å². The van der Waals surface area contributed by atoms with E-state index in [2.05, 4.69) is 10.2 Å². The third kappa shape index (κ3) is 2.98. The van der Waals surface area contributed by atoms with Gasteiger partial charge in [-0.25, -0.2) is 0 Å². The molecule has 4 rings (SSSR count). The Hall–Kier alpha value is -2.12. The minimum Gasteiger partial charge on any atom is -0.314 e. The Balaban J connectivity index is 1.56. The van der Waals surface area contributed by atoms with Crippen LogP contribution in [-0.2, 0) is 11.8 Å². The van der Waals surface area contributed by atoms with Gasteiger partial charge in [-0.05, 0) is 36.4 Å². The monoisotopic (exact) mass is 370 g/mol. The van der Waals surface area contributed by atoms with Crippen molar-refractivity contribution in [1.82, 2.24) is 14.8 Å². The molecule has 2 aromatic heterocycles. The third-order valence-corrected chi connectivity index (χ3v) is 6.78. The average Bonchev–Trinajstić information content (AvgIpc) is 3.05. The zero-order valence-electron chi connectivity index (χ0n) is 14.0. The van der Waals surface area contributed by atoms with Crippen molar-refractivity contribution in [2.24, 2.45) is 7.05 Å². The van der Waals surface area contributed by atoms with Crippen molar-refractivity contribution >= 4 is 34.7 Å². The van der Waals surface area contributed by atoms with Crippen LogP contribution in [0.5, 0.6) is 0 Å². The Morgan fingerprint density at radius 3 is 2.60 bits per heavy atom. The molecule has 0 spiro atoms. The quantitative estimate of drug-likeness (QED) is 0.685. The van der Waals surface area contributed by atoms with Crippen molar-refractivity contribution < 1.29 is 4.79 Å². The van der Waals surface area contributed by atoms with Gasteiger partial charge in [-0.3, -0.25) is 4.79 Å². The molecule has 0 aliphatic heterocycles. The molecule has 1 aliphatic rings. The van der Waals surface area contributed by atoms with E-state index in [0.717, 1.165) is 34.4 Å². The molecule has 0 radical (unpaired) electrons. The standard InChI is InChI=1S/C18H18N4OS2/c1-21(13-7-4-3-5-8-13)16(23)18(10-11-18)25-17-20-19-15(22(17)2)14-9-6-12-24-14/h3-9,12H,10-11H2,1-2H3. The van der Waals surface area contributed by atoms with Crippen LogP contribution in [0.1, 0.15) is 12.8 Å². The second-order valence-electron chi connectivity index (χ2n) is 6.14. The molecule has 128 valence electrons. The predicted octanol–water partition coefficient (Wildman–Crippen LogP) is 3.83. The van der Waals surface area contributed by atoms with Crippen molar-refractivity contribution in [3.05, 3.63) is 47.8 Å². The molecule has 2 heterocycles. The molecule has 0 bridgehead atoms. The van der Waals surface area contributed by atoms with Crippen LogP contribution in [-0.4, -0.2) is 32.5 Å². The summed E-state index contributed by atoms with van der Waals surface area (Å²) < 4.78 is 1.56. The van der Waals surface area contributed by atoms with Crippen molar-refractivity contribution in [2.45, 2.75) is 22.7 Å². The number of carbonyl (C=O) groups is 1. The SMILES string of the molecule is CN(C(=O)C1(Sc2nnc(-c3cccs3)n2C)CC1)c1ccccc1. The van der Waals surface area contributed by atoms with E-state index in [1.165, 1.54) is 11.8 Å². The van der Waals surface area contributed by atoms with E-state index in [4.69, 9.17) is 0 Å². The van der Waals surface area contributed by atoms with Crippen LogP contribution >= 0.6 is 23.1 Å². The summed E-state index contributed by atoms with van der Waals surface area (Å²) in [7, 11) is 3.80. The summed E-state index contributed by atoms with van der Waals surface area (Å²) in [6.07, 6.45) is 1.74. The smallest absolute Gasteiger partial charge is 0.243 e. The van der Waals surface area contributed by atoms with Crippen molar-refractivity contribution in [1.29, 1.82) is 0 Å². The fraction of sp³-hybridized carbons (Fsp3) is 0.278. The lowest BCUT2D eigenvalue weighted by Crippen LogP contribution is -2.36. The first-order chi connectivity index (χ1) is 12.1. The summed E-state index contributed by atoms with van der Waals surface area (Å²) >= 11 is 3.17. The second kappa shape index (κ2) is 6.31. The minimum absolute atomic E-state index is 0.129. The molecule has 0 unspecified atom stereocenters. The summed E-state index contributed by atoms with van der Waals surface area (Å²) in [5, 5.41) is 11.4. The number of carbonyl (C=O) groups excluding carboxylic acids is 1. The number of thiophene rings is 1. The van der Waals surface area contributed by atoms with Crippen molar-refractivity contribution in [3.63, 3.8) is 0 Å². The predicted molar refractivity (Wildman–Crippen MR) is 102 cm³/mol. The van der Waals surface area contributed by atoms with Crippen molar-refractivity contribution in [3.8, 4) is 10.7 Å². The third-order valence-electron chi connectivity index (χ3n) is 4.41. The van der Waals surface area contributed by atoms with E-state index in [9.17, 15) is 4.79 Å². The van der Waals surface area contributed by atoms with Crippen LogP contribution in [0.15, 0.2) is 53.0 Å². The molecule has 5 nitrogen and oxygen atoms in total. The maximum absolute atomic E-state index is 13.0. The lowest BCUT2D eigenvalue weighted by Gasteiger charge is -2.22. The molecule has 25 heavy (non-hydrogen) atoms. The van der Waals surface area contributed by atoms with Gasteiger partial charge in [0.2, 0.25) is 5.91 Å². The summed E-state index contributed by atoms with van der Waals surface area (Å²) in [6, 6.07) is 13.8. The van der Waals surface area contributed by atoms with Gasteiger partial charge in [0, 0.05) is 19.8 Å². The summed E-state index contributed by atoms with van der Waals surface area (Å²) in [5.74, 6) is 0.974. The van der Waals surface area contributed by atoms with Crippen LogP contribution in [0.25, 0.3) is 10.7 Å².